The fourth-order valence-electron chi connectivity index (χ4n) is 2.65. The average molecular weight is 333 g/mol. The number of carbonyl (C=O) groups is 1. The van der Waals surface area contributed by atoms with Crippen molar-refractivity contribution in [1.82, 2.24) is 10.3 Å². The second-order valence-corrected chi connectivity index (χ2v) is 5.48. The summed E-state index contributed by atoms with van der Waals surface area (Å²) in [6.45, 7) is 2.10. The molecule has 1 aromatic heterocycles. The molecule has 1 saturated heterocycles. The van der Waals surface area contributed by atoms with E-state index in [1.54, 1.807) is 7.11 Å². The van der Waals surface area contributed by atoms with Crippen molar-refractivity contribution < 1.29 is 14.5 Å². The molecule has 1 fully saturated rings. The highest BCUT2D eigenvalue weighted by Gasteiger charge is 2.27. The zero-order valence-corrected chi connectivity index (χ0v) is 13.4. The third-order valence-corrected chi connectivity index (χ3v) is 3.95. The number of aromatic nitrogens is 1. The highest BCUT2D eigenvalue weighted by Crippen LogP contribution is 2.26. The Balaban J connectivity index is 1.98. The van der Waals surface area contributed by atoms with Crippen LogP contribution in [0.4, 0.5) is 11.5 Å². The van der Waals surface area contributed by atoms with E-state index in [1.807, 2.05) is 11.0 Å². The van der Waals surface area contributed by atoms with Gasteiger partial charge < -0.3 is 15.0 Å². The van der Waals surface area contributed by atoms with Crippen molar-refractivity contribution in [2.24, 2.45) is 5.92 Å². The van der Waals surface area contributed by atoms with E-state index in [0.29, 0.717) is 44.9 Å². The van der Waals surface area contributed by atoms with Gasteiger partial charge >= 0.3 is 0 Å². The Morgan fingerprint density at radius 2 is 2.29 bits per heavy atom. The first-order valence-electron chi connectivity index (χ1n) is 7.63. The van der Waals surface area contributed by atoms with E-state index in [9.17, 15) is 20.2 Å². The van der Waals surface area contributed by atoms with Crippen molar-refractivity contribution in [2.45, 2.75) is 12.8 Å². The summed E-state index contributed by atoms with van der Waals surface area (Å²) in [5, 5.41) is 22.8. The molecule has 1 aliphatic rings. The Hall–Kier alpha value is -2.73. The van der Waals surface area contributed by atoms with Crippen molar-refractivity contribution in [2.75, 3.05) is 38.3 Å². The van der Waals surface area contributed by atoms with E-state index in [-0.39, 0.29) is 23.1 Å². The molecular formula is C15H19N5O4. The minimum Gasteiger partial charge on any atom is -0.383 e. The summed E-state index contributed by atoms with van der Waals surface area (Å²) >= 11 is 0. The topological polar surface area (TPSA) is 121 Å². The fourth-order valence-corrected chi connectivity index (χ4v) is 2.65. The number of methoxy groups -OCH3 is 1. The SMILES string of the molecule is COCCNC(=O)C1CCN(c2ncc([N+](=O)[O-])cc2C#N)CC1. The summed E-state index contributed by atoms with van der Waals surface area (Å²) < 4.78 is 4.90. The molecule has 0 unspecified atom stereocenters. The summed E-state index contributed by atoms with van der Waals surface area (Å²) in [5.41, 5.74) is -0.0325. The normalized spacial score (nSPS) is 14.9. The van der Waals surface area contributed by atoms with Crippen LogP contribution in [0.2, 0.25) is 0 Å². The van der Waals surface area contributed by atoms with Crippen molar-refractivity contribution >= 4 is 17.4 Å². The molecule has 24 heavy (non-hydrogen) atoms. The standard InChI is InChI=1S/C15H19N5O4/c1-24-7-4-17-15(21)11-2-5-19(6-3-11)14-12(9-16)8-13(10-18-14)20(22)23/h8,10-11H,2-7H2,1H3,(H,17,21). The molecule has 0 atom stereocenters. The molecule has 0 spiro atoms. The Kier molecular flexibility index (Phi) is 6.03. The van der Waals surface area contributed by atoms with Gasteiger partial charge in [-0.1, -0.05) is 0 Å². The van der Waals surface area contributed by atoms with Crippen molar-refractivity contribution in [3.8, 4) is 6.07 Å². The number of anilines is 1. The van der Waals surface area contributed by atoms with Crippen LogP contribution in [0.3, 0.4) is 0 Å². The summed E-state index contributed by atoms with van der Waals surface area (Å²) in [4.78, 5) is 28.2. The number of nitrogens with zero attached hydrogens (tertiary/aromatic N) is 4. The second kappa shape index (κ2) is 8.21. The van der Waals surface area contributed by atoms with Crippen LogP contribution in [-0.4, -0.2) is 49.2 Å². The number of carbonyl (C=O) groups excluding carboxylic acids is 1. The summed E-state index contributed by atoms with van der Waals surface area (Å²) in [6.07, 6.45) is 2.43. The molecule has 9 heteroatoms. The van der Waals surface area contributed by atoms with Gasteiger partial charge in [-0.2, -0.15) is 5.26 Å². The predicted molar refractivity (Wildman–Crippen MR) is 85.4 cm³/mol. The maximum atomic E-state index is 12.0. The largest absolute Gasteiger partial charge is 0.383 e. The van der Waals surface area contributed by atoms with Crippen LogP contribution >= 0.6 is 0 Å². The zero-order valence-electron chi connectivity index (χ0n) is 13.4. The molecule has 128 valence electrons. The van der Waals surface area contributed by atoms with E-state index in [4.69, 9.17) is 4.74 Å². The average Bonchev–Trinajstić information content (AvgIpc) is 2.61. The molecule has 2 rings (SSSR count). The lowest BCUT2D eigenvalue weighted by molar-refractivity contribution is -0.385. The molecule has 1 amide bonds. The Labute approximate surface area is 139 Å². The highest BCUT2D eigenvalue weighted by molar-refractivity contribution is 5.79. The van der Waals surface area contributed by atoms with E-state index in [0.717, 1.165) is 6.20 Å². The van der Waals surface area contributed by atoms with Crippen molar-refractivity contribution in [1.29, 1.82) is 5.26 Å². The number of rotatable bonds is 6. The number of pyridine rings is 1. The summed E-state index contributed by atoms with van der Waals surface area (Å²) in [5.74, 6) is 0.354. The van der Waals surface area contributed by atoms with Crippen LogP contribution in [0.1, 0.15) is 18.4 Å². The van der Waals surface area contributed by atoms with Crippen LogP contribution in [-0.2, 0) is 9.53 Å². The van der Waals surface area contributed by atoms with Crippen LogP contribution in [0.15, 0.2) is 12.3 Å². The first-order valence-corrected chi connectivity index (χ1v) is 7.63. The van der Waals surface area contributed by atoms with Gasteiger partial charge in [0, 0.05) is 38.7 Å². The maximum absolute atomic E-state index is 12.0. The lowest BCUT2D eigenvalue weighted by atomic mass is 9.95. The van der Waals surface area contributed by atoms with Gasteiger partial charge in [0.1, 0.15) is 23.6 Å². The number of piperidine rings is 1. The van der Waals surface area contributed by atoms with Crippen molar-refractivity contribution in [3.05, 3.63) is 27.9 Å². The first kappa shape index (κ1) is 17.6. The number of hydrogen-bond acceptors (Lipinski definition) is 7. The van der Waals surface area contributed by atoms with E-state index in [1.165, 1.54) is 6.07 Å². The van der Waals surface area contributed by atoms with Gasteiger partial charge in [0.05, 0.1) is 11.5 Å². The number of nitro groups is 1. The molecule has 1 aliphatic heterocycles. The molecule has 9 nitrogen and oxygen atoms in total. The van der Waals surface area contributed by atoms with Gasteiger partial charge in [-0.25, -0.2) is 4.98 Å². The first-order chi connectivity index (χ1) is 11.6. The van der Waals surface area contributed by atoms with Crippen LogP contribution in [0, 0.1) is 27.4 Å². The third kappa shape index (κ3) is 4.17. The highest BCUT2D eigenvalue weighted by atomic mass is 16.6. The lowest BCUT2D eigenvalue weighted by Gasteiger charge is -2.32. The molecule has 0 aromatic carbocycles. The number of nitriles is 1. The quantitative estimate of drug-likeness (QED) is 0.465. The van der Waals surface area contributed by atoms with Gasteiger partial charge in [0.2, 0.25) is 5.91 Å². The second-order valence-electron chi connectivity index (χ2n) is 5.48. The van der Waals surface area contributed by atoms with Crippen molar-refractivity contribution in [3.63, 3.8) is 0 Å². The Morgan fingerprint density at radius 1 is 1.58 bits per heavy atom. The molecule has 0 saturated carbocycles. The van der Waals surface area contributed by atoms with E-state index >= 15 is 0 Å². The minimum absolute atomic E-state index is 0.00358. The van der Waals surface area contributed by atoms with Crippen LogP contribution in [0.25, 0.3) is 0 Å². The van der Waals surface area contributed by atoms with Crippen LogP contribution < -0.4 is 10.2 Å². The van der Waals surface area contributed by atoms with Gasteiger partial charge in [-0.05, 0) is 12.8 Å². The van der Waals surface area contributed by atoms with E-state index < -0.39 is 4.92 Å². The molecule has 1 aromatic rings. The minimum atomic E-state index is -0.575. The fraction of sp³-hybridized carbons (Fsp3) is 0.533. The third-order valence-electron chi connectivity index (χ3n) is 3.95. The smallest absolute Gasteiger partial charge is 0.289 e. The molecular weight excluding hydrogens is 314 g/mol. The Morgan fingerprint density at radius 3 is 2.88 bits per heavy atom. The Bertz CT molecular complexity index is 650. The lowest BCUT2D eigenvalue weighted by Crippen LogP contribution is -2.41. The van der Waals surface area contributed by atoms with E-state index in [2.05, 4.69) is 10.3 Å². The summed E-state index contributed by atoms with van der Waals surface area (Å²) in [7, 11) is 1.58. The number of hydrogen-bond donors (Lipinski definition) is 1. The molecule has 0 aliphatic carbocycles. The molecule has 1 N–H and O–H groups in total. The zero-order chi connectivity index (χ0) is 17.5. The maximum Gasteiger partial charge on any atom is 0.289 e. The molecule has 0 bridgehead atoms. The van der Waals surface area contributed by atoms with Gasteiger partial charge in [0.25, 0.3) is 5.69 Å². The number of nitrogens with one attached hydrogen (secondary N) is 1. The summed E-state index contributed by atoms with van der Waals surface area (Å²) in [6, 6.07) is 3.18. The predicted octanol–water partition coefficient (Wildman–Crippen LogP) is 0.840. The van der Waals surface area contributed by atoms with Gasteiger partial charge in [-0.15, -0.1) is 0 Å². The van der Waals surface area contributed by atoms with Gasteiger partial charge in [0.15, 0.2) is 0 Å². The monoisotopic (exact) mass is 333 g/mol. The number of amides is 1. The number of ether oxygens (including phenoxy) is 1. The van der Waals surface area contributed by atoms with Crippen LogP contribution in [0.5, 0.6) is 0 Å². The van der Waals surface area contributed by atoms with Gasteiger partial charge in [-0.3, -0.25) is 14.9 Å². The molecule has 2 heterocycles. The molecule has 0 radical (unpaired) electrons.